The number of allylic oxidation sites excluding steroid dienone is 3. The van der Waals surface area contributed by atoms with Crippen molar-refractivity contribution >= 4 is 34.6 Å². The van der Waals surface area contributed by atoms with Crippen LogP contribution in [0.2, 0.25) is 0 Å². The van der Waals surface area contributed by atoms with Crippen LogP contribution >= 0.6 is 11.6 Å². The van der Waals surface area contributed by atoms with E-state index in [0.717, 1.165) is 129 Å². The molecule has 2 aromatic heterocycles. The van der Waals surface area contributed by atoms with Gasteiger partial charge in [0.25, 0.3) is 11.8 Å². The molecule has 10 rings (SSSR count). The molecule has 4 aliphatic heterocycles. The Morgan fingerprint density at radius 3 is 1.32 bits per heavy atom. The molecule has 6 aromatic rings. The van der Waals surface area contributed by atoms with Gasteiger partial charge in [0.2, 0.25) is 11.1 Å². The maximum atomic E-state index is 12.6. The van der Waals surface area contributed by atoms with Crippen LogP contribution in [-0.4, -0.2) is 86.5 Å². The number of nitrogens with two attached hydrogens (primary N) is 2. The molecule has 392 valence electrons. The number of fused-ring (bicyclic) bond motifs is 2. The Labute approximate surface area is 443 Å². The Morgan fingerprint density at radius 1 is 0.547 bits per heavy atom. The summed E-state index contributed by atoms with van der Waals surface area (Å²) in [5.74, 6) is 5.29. The Bertz CT molecular complexity index is 2990. The lowest BCUT2D eigenvalue weighted by molar-refractivity contribution is -0.127. The zero-order chi connectivity index (χ0) is 53.0. The van der Waals surface area contributed by atoms with E-state index >= 15 is 0 Å². The molecule has 75 heavy (non-hydrogen) atoms. The van der Waals surface area contributed by atoms with E-state index < -0.39 is 17.1 Å². The first kappa shape index (κ1) is 53.6. The quantitative estimate of drug-likeness (QED) is 0.0575. The highest BCUT2D eigenvalue weighted by Crippen LogP contribution is 2.41. The number of piperidine rings is 2. The summed E-state index contributed by atoms with van der Waals surface area (Å²) in [6, 6.07) is 34.4. The van der Waals surface area contributed by atoms with Crippen LogP contribution in [0.5, 0.6) is 23.0 Å². The summed E-state index contributed by atoms with van der Waals surface area (Å²) in [7, 11) is 0. The van der Waals surface area contributed by atoms with Crippen LogP contribution < -0.4 is 37.1 Å². The van der Waals surface area contributed by atoms with Gasteiger partial charge in [-0.25, -0.2) is 19.3 Å². The summed E-state index contributed by atoms with van der Waals surface area (Å²) in [6.07, 6.45) is 9.10. The molecule has 0 saturated carbocycles. The molecule has 2 fully saturated rings. The number of likely N-dealkylation sites (tertiary alicyclic amines) is 1. The van der Waals surface area contributed by atoms with Crippen molar-refractivity contribution in [2.75, 3.05) is 50.1 Å². The average Bonchev–Trinajstić information content (AvgIpc) is 4.01. The third-order valence-electron chi connectivity index (χ3n) is 13.8. The van der Waals surface area contributed by atoms with Gasteiger partial charge in [-0.05, 0) is 182 Å². The molecule has 6 heterocycles. The molecule has 2 saturated heterocycles. The number of ether oxygens (including phenoxy) is 2. The van der Waals surface area contributed by atoms with Crippen molar-refractivity contribution in [1.29, 1.82) is 0 Å². The molecule has 4 aromatic carbocycles. The standard InChI is InChI=1S/C29H33N5O3.C24H27N5O2.C5H7ClO/c1-19(2)18-25(35)33-16-13-20(14-17-33)24-12-15-31-34-27(28(30)36)26(32-29(24)34)21-8-10-23(11-9-21)37-22-6-4-3-5-7-22;25-23(30)22-21(17-6-8-19(9-7-17)31-18-4-2-1-3-5-18)28-24-20(12-15-27-29(22)24)16-10-13-26-14-11-16;1-4(2)3-5(6)7/h3-11,18,20,24,31H,12-17H2,1-2H3,(H2,30,36);1-9,16,20,26-27H,10-15H2,(H2,25,30);3H,1-2H3. The van der Waals surface area contributed by atoms with Crippen LogP contribution in [0.4, 0.5) is 0 Å². The van der Waals surface area contributed by atoms with E-state index in [-0.39, 0.29) is 11.8 Å². The minimum Gasteiger partial charge on any atom is -0.457 e. The van der Waals surface area contributed by atoms with Crippen molar-refractivity contribution in [2.45, 2.75) is 78.1 Å². The molecule has 17 heteroatoms. The summed E-state index contributed by atoms with van der Waals surface area (Å²) in [5.41, 5.74) is 23.9. The second kappa shape index (κ2) is 25.0. The van der Waals surface area contributed by atoms with Gasteiger partial charge < -0.3 is 42.0 Å². The van der Waals surface area contributed by atoms with Gasteiger partial charge in [-0.15, -0.1) is 0 Å². The van der Waals surface area contributed by atoms with Gasteiger partial charge in [0.05, 0.1) is 0 Å². The zero-order valence-electron chi connectivity index (χ0n) is 43.1. The number of hydrogen-bond donors (Lipinski definition) is 5. The fourth-order valence-electron chi connectivity index (χ4n) is 10.3. The SMILES string of the molecule is CC(C)=CC(=O)Cl.CC(C)=CC(=O)N1CCC(C2CCNn3c2nc(-c2ccc(Oc4ccccc4)cc2)c3C(N)=O)CC1.NC(=O)c1c(-c2ccc(Oc3ccccc3)cc2)nc2n1NCCC2C1CCNCC1. The van der Waals surface area contributed by atoms with Crippen LogP contribution in [0.1, 0.15) is 111 Å². The molecule has 2 unspecified atom stereocenters. The first-order valence-corrected chi connectivity index (χ1v) is 26.1. The number of halogens is 1. The van der Waals surface area contributed by atoms with E-state index in [1.807, 2.05) is 146 Å². The number of carbonyl (C=O) groups is 4. The summed E-state index contributed by atoms with van der Waals surface area (Å²) >= 11 is 4.96. The molecule has 4 aliphatic rings. The predicted octanol–water partition coefficient (Wildman–Crippen LogP) is 9.87. The first-order valence-electron chi connectivity index (χ1n) is 25.7. The van der Waals surface area contributed by atoms with Gasteiger partial charge >= 0.3 is 0 Å². The lowest BCUT2D eigenvalue weighted by atomic mass is 9.81. The minimum atomic E-state index is -0.520. The van der Waals surface area contributed by atoms with Gasteiger partial charge in [0.1, 0.15) is 46.0 Å². The Balaban J connectivity index is 0.000000179. The summed E-state index contributed by atoms with van der Waals surface area (Å²) in [5, 5.41) is 3.03. The van der Waals surface area contributed by atoms with Crippen molar-refractivity contribution in [3.05, 3.63) is 156 Å². The Kier molecular flexibility index (Phi) is 17.9. The number of primary amides is 2. The monoisotopic (exact) mass is 1030 g/mol. The third-order valence-corrected chi connectivity index (χ3v) is 13.9. The minimum absolute atomic E-state index is 0.0863. The molecular formula is C58H67ClN10O6. The average molecular weight is 1040 g/mol. The van der Waals surface area contributed by atoms with E-state index in [4.69, 9.17) is 42.5 Å². The molecular weight excluding hydrogens is 968 g/mol. The number of nitrogens with zero attached hydrogens (tertiary/aromatic N) is 5. The van der Waals surface area contributed by atoms with E-state index in [9.17, 15) is 19.2 Å². The molecule has 0 bridgehead atoms. The highest BCUT2D eigenvalue weighted by Gasteiger charge is 2.37. The molecule has 2 atom stereocenters. The number of benzene rings is 4. The predicted molar refractivity (Wildman–Crippen MR) is 293 cm³/mol. The number of amides is 3. The van der Waals surface area contributed by atoms with Gasteiger partial charge in [-0.1, -0.05) is 47.5 Å². The van der Waals surface area contributed by atoms with Crippen molar-refractivity contribution in [3.63, 3.8) is 0 Å². The summed E-state index contributed by atoms with van der Waals surface area (Å²) in [6.45, 7) is 12.6. The second-order valence-corrected chi connectivity index (χ2v) is 20.1. The topological polar surface area (TPSA) is 214 Å². The first-order chi connectivity index (χ1) is 36.2. The number of para-hydroxylation sites is 2. The molecule has 16 nitrogen and oxygen atoms in total. The number of aromatic nitrogens is 4. The third kappa shape index (κ3) is 13.5. The normalized spacial score (nSPS) is 17.1. The van der Waals surface area contributed by atoms with Crippen LogP contribution in [0, 0.1) is 11.8 Å². The molecule has 7 N–H and O–H groups in total. The van der Waals surface area contributed by atoms with Crippen LogP contribution in [0.25, 0.3) is 22.5 Å². The van der Waals surface area contributed by atoms with Crippen LogP contribution in [0.3, 0.4) is 0 Å². The summed E-state index contributed by atoms with van der Waals surface area (Å²) in [4.78, 5) is 59.2. The lowest BCUT2D eigenvalue weighted by Crippen LogP contribution is -2.41. The largest absolute Gasteiger partial charge is 0.457 e. The van der Waals surface area contributed by atoms with Crippen molar-refractivity contribution in [1.82, 2.24) is 29.5 Å². The molecule has 0 spiro atoms. The highest BCUT2D eigenvalue weighted by molar-refractivity contribution is 6.66. The number of nitrogens with one attached hydrogen (secondary N) is 3. The molecule has 3 amide bonds. The maximum absolute atomic E-state index is 12.6. The Morgan fingerprint density at radius 2 is 0.947 bits per heavy atom. The Hall–Kier alpha value is -7.69. The van der Waals surface area contributed by atoms with E-state index in [1.54, 1.807) is 10.8 Å². The zero-order valence-corrected chi connectivity index (χ0v) is 43.8. The fraction of sp³-hybridized carbons (Fsp3) is 0.345. The van der Waals surface area contributed by atoms with Gasteiger partial charge in [0, 0.05) is 55.2 Å². The summed E-state index contributed by atoms with van der Waals surface area (Å²) < 4.78 is 15.4. The lowest BCUT2D eigenvalue weighted by Gasteiger charge is -2.37. The van der Waals surface area contributed by atoms with Gasteiger partial charge in [-0.3, -0.25) is 19.2 Å². The fourth-order valence-corrected chi connectivity index (χ4v) is 10.5. The van der Waals surface area contributed by atoms with Gasteiger partial charge in [-0.2, -0.15) is 0 Å². The molecule has 0 aliphatic carbocycles. The van der Waals surface area contributed by atoms with E-state index in [0.29, 0.717) is 46.3 Å². The van der Waals surface area contributed by atoms with Crippen molar-refractivity contribution < 1.29 is 28.7 Å². The molecule has 0 radical (unpaired) electrons. The van der Waals surface area contributed by atoms with E-state index in [2.05, 4.69) is 16.2 Å². The van der Waals surface area contributed by atoms with Crippen molar-refractivity contribution in [3.8, 4) is 45.5 Å². The number of hydrogen-bond acceptors (Lipinski definition) is 11. The second-order valence-electron chi connectivity index (χ2n) is 19.7. The van der Waals surface area contributed by atoms with Crippen LogP contribution in [0.15, 0.2) is 132 Å². The van der Waals surface area contributed by atoms with Crippen molar-refractivity contribution in [2.24, 2.45) is 23.3 Å². The number of rotatable bonds is 12. The number of carbonyl (C=O) groups excluding carboxylic acids is 4. The van der Waals surface area contributed by atoms with E-state index in [1.165, 1.54) is 6.08 Å². The smallest absolute Gasteiger partial charge is 0.269 e. The highest BCUT2D eigenvalue weighted by atomic mass is 35.5. The van der Waals surface area contributed by atoms with Crippen LogP contribution in [-0.2, 0) is 9.59 Å². The van der Waals surface area contributed by atoms with Gasteiger partial charge in [0.15, 0.2) is 11.4 Å². The number of imidazole rings is 2. The maximum Gasteiger partial charge on any atom is 0.269 e.